The molecule has 0 atom stereocenters. The number of fused-ring (bicyclic) bond motifs is 2. The SMILES string of the molecule is O=C1c2ccccc2C(=O)c2c(O)cc(OCCBr)cc21. The van der Waals surface area contributed by atoms with Crippen LogP contribution in [0.5, 0.6) is 11.5 Å². The van der Waals surface area contributed by atoms with Crippen molar-refractivity contribution in [1.82, 2.24) is 0 Å². The van der Waals surface area contributed by atoms with Crippen molar-refractivity contribution in [1.29, 1.82) is 0 Å². The molecule has 3 rings (SSSR count). The van der Waals surface area contributed by atoms with E-state index in [1.54, 1.807) is 24.3 Å². The topological polar surface area (TPSA) is 63.6 Å². The van der Waals surface area contributed by atoms with E-state index >= 15 is 0 Å². The summed E-state index contributed by atoms with van der Waals surface area (Å²) < 4.78 is 5.40. The van der Waals surface area contributed by atoms with Crippen molar-refractivity contribution in [2.75, 3.05) is 11.9 Å². The maximum atomic E-state index is 12.5. The van der Waals surface area contributed by atoms with Crippen LogP contribution >= 0.6 is 15.9 Å². The predicted molar refractivity (Wildman–Crippen MR) is 80.7 cm³/mol. The van der Waals surface area contributed by atoms with Crippen molar-refractivity contribution in [2.24, 2.45) is 0 Å². The molecule has 0 amide bonds. The molecule has 106 valence electrons. The summed E-state index contributed by atoms with van der Waals surface area (Å²) >= 11 is 3.23. The van der Waals surface area contributed by atoms with E-state index in [9.17, 15) is 14.7 Å². The molecule has 0 bridgehead atoms. The van der Waals surface area contributed by atoms with Crippen LogP contribution in [0.15, 0.2) is 36.4 Å². The zero-order chi connectivity index (χ0) is 15.0. The Balaban J connectivity index is 2.16. The van der Waals surface area contributed by atoms with Crippen LogP contribution in [-0.2, 0) is 0 Å². The van der Waals surface area contributed by atoms with Gasteiger partial charge in [0.2, 0.25) is 0 Å². The van der Waals surface area contributed by atoms with Gasteiger partial charge in [0.25, 0.3) is 0 Å². The van der Waals surface area contributed by atoms with E-state index in [2.05, 4.69) is 15.9 Å². The summed E-state index contributed by atoms with van der Waals surface area (Å²) in [4.78, 5) is 24.9. The normalized spacial score (nSPS) is 12.8. The number of carbonyl (C=O) groups excluding carboxylic acids is 2. The first-order chi connectivity index (χ1) is 10.1. The van der Waals surface area contributed by atoms with Gasteiger partial charge in [-0.1, -0.05) is 40.2 Å². The molecule has 21 heavy (non-hydrogen) atoms. The number of rotatable bonds is 3. The Morgan fingerprint density at radius 1 is 1.00 bits per heavy atom. The molecular formula is C16H11BrO4. The molecule has 2 aromatic carbocycles. The molecule has 0 heterocycles. The summed E-state index contributed by atoms with van der Waals surface area (Å²) in [5.41, 5.74) is 0.902. The largest absolute Gasteiger partial charge is 0.507 e. The summed E-state index contributed by atoms with van der Waals surface area (Å²) in [5.74, 6) is -0.485. The van der Waals surface area contributed by atoms with E-state index in [1.807, 2.05) is 0 Å². The van der Waals surface area contributed by atoms with Crippen LogP contribution in [-0.4, -0.2) is 28.6 Å². The van der Waals surface area contributed by atoms with Gasteiger partial charge in [-0.2, -0.15) is 0 Å². The molecule has 2 aromatic rings. The first kappa shape index (κ1) is 13.8. The van der Waals surface area contributed by atoms with Crippen molar-refractivity contribution < 1.29 is 19.4 Å². The zero-order valence-electron chi connectivity index (χ0n) is 10.9. The van der Waals surface area contributed by atoms with Gasteiger partial charge in [-0.3, -0.25) is 9.59 Å². The highest BCUT2D eigenvalue weighted by Crippen LogP contribution is 2.35. The second-order valence-electron chi connectivity index (χ2n) is 4.61. The van der Waals surface area contributed by atoms with Gasteiger partial charge in [-0.05, 0) is 6.07 Å². The number of hydrogen-bond acceptors (Lipinski definition) is 4. The van der Waals surface area contributed by atoms with Gasteiger partial charge in [-0.25, -0.2) is 0 Å². The number of benzene rings is 2. The fourth-order valence-electron chi connectivity index (χ4n) is 2.42. The lowest BCUT2D eigenvalue weighted by molar-refractivity contribution is 0.0976. The number of phenols is 1. The number of alkyl halides is 1. The van der Waals surface area contributed by atoms with Gasteiger partial charge in [0.1, 0.15) is 11.5 Å². The average Bonchev–Trinajstić information content (AvgIpc) is 2.50. The molecule has 0 saturated carbocycles. The van der Waals surface area contributed by atoms with Gasteiger partial charge in [0.05, 0.1) is 12.2 Å². The van der Waals surface area contributed by atoms with Crippen LogP contribution in [0.25, 0.3) is 0 Å². The zero-order valence-corrected chi connectivity index (χ0v) is 12.5. The lowest BCUT2D eigenvalue weighted by Crippen LogP contribution is -2.21. The van der Waals surface area contributed by atoms with Crippen molar-refractivity contribution in [2.45, 2.75) is 0 Å². The fourth-order valence-corrected chi connectivity index (χ4v) is 2.58. The summed E-state index contributed by atoms with van der Waals surface area (Å²) in [6.07, 6.45) is 0. The number of ether oxygens (including phenoxy) is 1. The average molecular weight is 347 g/mol. The Kier molecular flexibility index (Phi) is 3.51. The molecular weight excluding hydrogens is 336 g/mol. The minimum atomic E-state index is -0.343. The lowest BCUT2D eigenvalue weighted by atomic mass is 9.83. The maximum Gasteiger partial charge on any atom is 0.198 e. The fraction of sp³-hybridized carbons (Fsp3) is 0.125. The Hall–Kier alpha value is -2.14. The van der Waals surface area contributed by atoms with E-state index in [4.69, 9.17) is 4.74 Å². The number of carbonyl (C=O) groups is 2. The number of aromatic hydroxyl groups is 1. The molecule has 0 radical (unpaired) electrons. The van der Waals surface area contributed by atoms with Gasteiger partial charge < -0.3 is 9.84 Å². The maximum absolute atomic E-state index is 12.5. The molecule has 0 fully saturated rings. The van der Waals surface area contributed by atoms with Crippen molar-refractivity contribution in [3.8, 4) is 11.5 Å². The summed E-state index contributed by atoms with van der Waals surface area (Å²) in [5, 5.41) is 10.7. The monoisotopic (exact) mass is 346 g/mol. The number of halogens is 1. The molecule has 1 aliphatic carbocycles. The van der Waals surface area contributed by atoms with E-state index in [0.29, 0.717) is 28.8 Å². The van der Waals surface area contributed by atoms with Crippen molar-refractivity contribution >= 4 is 27.5 Å². The third-order valence-corrected chi connectivity index (χ3v) is 3.65. The Morgan fingerprint density at radius 3 is 2.33 bits per heavy atom. The number of ketones is 2. The minimum Gasteiger partial charge on any atom is -0.507 e. The highest BCUT2D eigenvalue weighted by Gasteiger charge is 2.32. The third-order valence-electron chi connectivity index (χ3n) is 3.32. The second-order valence-corrected chi connectivity index (χ2v) is 5.40. The number of hydrogen-bond donors (Lipinski definition) is 1. The van der Waals surface area contributed by atoms with E-state index in [1.165, 1.54) is 12.1 Å². The van der Waals surface area contributed by atoms with Crippen molar-refractivity contribution in [3.05, 3.63) is 58.7 Å². The third kappa shape index (κ3) is 2.23. The Labute approximate surface area is 129 Å². The van der Waals surface area contributed by atoms with E-state index < -0.39 is 0 Å². The second kappa shape index (κ2) is 5.33. The molecule has 0 aromatic heterocycles. The molecule has 4 nitrogen and oxygen atoms in total. The lowest BCUT2D eigenvalue weighted by Gasteiger charge is -2.19. The smallest absolute Gasteiger partial charge is 0.198 e. The number of phenolic OH excluding ortho intramolecular Hbond substituents is 1. The van der Waals surface area contributed by atoms with Crippen LogP contribution in [0.3, 0.4) is 0 Å². The van der Waals surface area contributed by atoms with Crippen LogP contribution in [0, 0.1) is 0 Å². The Morgan fingerprint density at radius 2 is 1.67 bits per heavy atom. The predicted octanol–water partition coefficient (Wildman–Crippen LogP) is 2.94. The van der Waals surface area contributed by atoms with Crippen molar-refractivity contribution in [3.63, 3.8) is 0 Å². The Bertz CT molecular complexity index is 752. The van der Waals surface area contributed by atoms with E-state index in [-0.39, 0.29) is 28.4 Å². The molecule has 0 spiro atoms. The van der Waals surface area contributed by atoms with Crippen LogP contribution in [0.1, 0.15) is 31.8 Å². The van der Waals surface area contributed by atoms with E-state index in [0.717, 1.165) is 0 Å². The molecule has 1 N–H and O–H groups in total. The standard InChI is InChI=1S/C16H11BrO4/c17-5-6-21-9-7-12-14(13(18)8-9)16(20)11-4-2-1-3-10(11)15(12)19/h1-4,7-8,18H,5-6H2. The molecule has 5 heteroatoms. The summed E-state index contributed by atoms with van der Waals surface area (Å²) in [6, 6.07) is 9.48. The van der Waals surface area contributed by atoms with Gasteiger partial charge in [0, 0.05) is 28.1 Å². The van der Waals surface area contributed by atoms with Gasteiger partial charge >= 0.3 is 0 Å². The molecule has 0 aliphatic heterocycles. The van der Waals surface area contributed by atoms with Crippen LogP contribution < -0.4 is 4.74 Å². The molecule has 1 aliphatic rings. The van der Waals surface area contributed by atoms with Crippen LogP contribution in [0.4, 0.5) is 0 Å². The highest BCUT2D eigenvalue weighted by atomic mass is 79.9. The van der Waals surface area contributed by atoms with Gasteiger partial charge in [-0.15, -0.1) is 0 Å². The molecule has 0 saturated heterocycles. The minimum absolute atomic E-state index is 0.0462. The quantitative estimate of drug-likeness (QED) is 0.740. The summed E-state index contributed by atoms with van der Waals surface area (Å²) in [6.45, 7) is 0.400. The highest BCUT2D eigenvalue weighted by molar-refractivity contribution is 9.09. The van der Waals surface area contributed by atoms with Gasteiger partial charge in [0.15, 0.2) is 11.6 Å². The molecule has 0 unspecified atom stereocenters. The summed E-state index contributed by atoms with van der Waals surface area (Å²) in [7, 11) is 0. The first-order valence-electron chi connectivity index (χ1n) is 6.37. The first-order valence-corrected chi connectivity index (χ1v) is 7.50. The van der Waals surface area contributed by atoms with Crippen LogP contribution in [0.2, 0.25) is 0 Å².